The van der Waals surface area contributed by atoms with E-state index >= 15 is 0 Å². The van der Waals surface area contributed by atoms with Crippen molar-refractivity contribution in [3.05, 3.63) is 81.2 Å². The Bertz CT molecular complexity index is 1120. The van der Waals surface area contributed by atoms with Gasteiger partial charge in [0.15, 0.2) is 0 Å². The Hall–Kier alpha value is -2.57. The molecule has 1 saturated heterocycles. The monoisotopic (exact) mass is 453 g/mol. The topological polar surface area (TPSA) is 46.6 Å². The highest BCUT2D eigenvalue weighted by atomic mass is 79.9. The van der Waals surface area contributed by atoms with Gasteiger partial charge in [-0.3, -0.25) is 14.5 Å². The van der Waals surface area contributed by atoms with Crippen LogP contribution in [0.1, 0.15) is 11.1 Å². The third-order valence-corrected chi connectivity index (χ3v) is 6.08. The summed E-state index contributed by atoms with van der Waals surface area (Å²) in [6, 6.07) is 20.0. The molecule has 28 heavy (non-hydrogen) atoms. The lowest BCUT2D eigenvalue weighted by molar-refractivity contribution is -0.121. The van der Waals surface area contributed by atoms with E-state index in [1.165, 1.54) is 17.8 Å². The fourth-order valence-corrected chi connectivity index (χ4v) is 4.33. The molecule has 0 saturated carbocycles. The van der Waals surface area contributed by atoms with Crippen LogP contribution < -0.4 is 4.74 Å². The van der Waals surface area contributed by atoms with Crippen molar-refractivity contribution >= 4 is 55.7 Å². The number of hydrogen-bond acceptors (Lipinski definition) is 4. The lowest BCUT2D eigenvalue weighted by Crippen LogP contribution is -2.22. The summed E-state index contributed by atoms with van der Waals surface area (Å²) < 4.78 is 6.80. The predicted molar refractivity (Wildman–Crippen MR) is 116 cm³/mol. The van der Waals surface area contributed by atoms with Crippen LogP contribution in [0.5, 0.6) is 5.75 Å². The summed E-state index contributed by atoms with van der Waals surface area (Å²) in [6.07, 6.45) is 1.72. The second-order valence-electron chi connectivity index (χ2n) is 6.36. The first-order valence-electron chi connectivity index (χ1n) is 8.63. The van der Waals surface area contributed by atoms with Crippen LogP contribution in [0.4, 0.5) is 4.79 Å². The van der Waals surface area contributed by atoms with Crippen molar-refractivity contribution in [2.24, 2.45) is 0 Å². The van der Waals surface area contributed by atoms with Crippen LogP contribution >= 0.6 is 27.7 Å². The molecule has 0 spiro atoms. The number of fused-ring (bicyclic) bond motifs is 1. The number of imide groups is 1. The second-order valence-corrected chi connectivity index (χ2v) is 8.21. The van der Waals surface area contributed by atoms with Crippen LogP contribution in [-0.4, -0.2) is 23.1 Å². The van der Waals surface area contributed by atoms with Gasteiger partial charge in [-0.2, -0.15) is 0 Å². The van der Waals surface area contributed by atoms with Crippen molar-refractivity contribution in [3.8, 4) is 5.75 Å². The Morgan fingerprint density at radius 2 is 1.86 bits per heavy atom. The van der Waals surface area contributed by atoms with Crippen LogP contribution in [0.3, 0.4) is 0 Å². The van der Waals surface area contributed by atoms with Gasteiger partial charge in [-0.05, 0) is 67.8 Å². The first kappa shape index (κ1) is 18.8. The van der Waals surface area contributed by atoms with E-state index in [0.717, 1.165) is 32.3 Å². The number of rotatable bonds is 4. The summed E-state index contributed by atoms with van der Waals surface area (Å²) in [5, 5.41) is 2.10. The number of carbonyl (C=O) groups is 2. The highest BCUT2D eigenvalue weighted by Crippen LogP contribution is 2.33. The van der Waals surface area contributed by atoms with E-state index in [0.29, 0.717) is 17.3 Å². The number of thioether (sulfide) groups is 1. The molecule has 1 aliphatic heterocycles. The minimum absolute atomic E-state index is 0.259. The summed E-state index contributed by atoms with van der Waals surface area (Å²) in [5.41, 5.74) is 1.94. The van der Waals surface area contributed by atoms with Crippen LogP contribution in [0.2, 0.25) is 0 Å². The molecule has 0 radical (unpaired) electrons. The molecule has 4 nitrogen and oxygen atoms in total. The van der Waals surface area contributed by atoms with Crippen molar-refractivity contribution in [3.63, 3.8) is 0 Å². The molecule has 0 aliphatic carbocycles. The summed E-state index contributed by atoms with van der Waals surface area (Å²) in [4.78, 5) is 25.2. The molecule has 3 aromatic carbocycles. The van der Waals surface area contributed by atoms with Gasteiger partial charge >= 0.3 is 0 Å². The van der Waals surface area contributed by atoms with Gasteiger partial charge in [0.1, 0.15) is 12.4 Å². The Labute approximate surface area is 175 Å². The zero-order valence-electron chi connectivity index (χ0n) is 15.0. The van der Waals surface area contributed by atoms with E-state index in [4.69, 9.17) is 4.74 Å². The number of ether oxygens (including phenoxy) is 1. The number of halogens is 1. The molecule has 0 unspecified atom stereocenters. The van der Waals surface area contributed by atoms with E-state index in [1.807, 2.05) is 36.4 Å². The highest BCUT2D eigenvalue weighted by molar-refractivity contribution is 9.10. The molecular formula is C22H16BrNO3S. The Balaban J connectivity index is 1.52. The Kier molecular flexibility index (Phi) is 5.24. The molecule has 1 aliphatic rings. The van der Waals surface area contributed by atoms with E-state index in [9.17, 15) is 9.59 Å². The van der Waals surface area contributed by atoms with E-state index < -0.39 is 0 Å². The van der Waals surface area contributed by atoms with Gasteiger partial charge in [0.25, 0.3) is 11.1 Å². The summed E-state index contributed by atoms with van der Waals surface area (Å²) in [7, 11) is 1.48. The van der Waals surface area contributed by atoms with Crippen molar-refractivity contribution in [1.82, 2.24) is 4.90 Å². The average Bonchev–Trinajstić information content (AvgIpc) is 2.94. The minimum atomic E-state index is -0.276. The maximum absolute atomic E-state index is 12.0. The molecule has 2 amide bonds. The first-order chi connectivity index (χ1) is 13.5. The smallest absolute Gasteiger partial charge is 0.293 e. The Morgan fingerprint density at radius 3 is 2.61 bits per heavy atom. The van der Waals surface area contributed by atoms with Crippen molar-refractivity contribution in [2.45, 2.75) is 6.61 Å². The van der Waals surface area contributed by atoms with Crippen LogP contribution in [0.25, 0.3) is 16.8 Å². The van der Waals surface area contributed by atoms with E-state index in [1.54, 1.807) is 6.08 Å². The third kappa shape index (κ3) is 3.70. The molecule has 0 N–H and O–H groups in total. The van der Waals surface area contributed by atoms with Gasteiger partial charge in [0.2, 0.25) is 0 Å². The van der Waals surface area contributed by atoms with Crippen molar-refractivity contribution in [2.75, 3.05) is 7.05 Å². The number of benzene rings is 3. The lowest BCUT2D eigenvalue weighted by Gasteiger charge is -2.11. The van der Waals surface area contributed by atoms with Crippen LogP contribution in [-0.2, 0) is 11.4 Å². The quantitative estimate of drug-likeness (QED) is 0.465. The van der Waals surface area contributed by atoms with Gasteiger partial charge in [0, 0.05) is 7.05 Å². The van der Waals surface area contributed by atoms with Crippen molar-refractivity contribution in [1.29, 1.82) is 0 Å². The second kappa shape index (κ2) is 7.81. The number of nitrogens with zero attached hydrogens (tertiary/aromatic N) is 1. The SMILES string of the molecule is CN1C(=O)S/C(=C\c2ccc(OCc3cccc4ccccc34)c(Br)c2)C1=O. The Morgan fingerprint density at radius 1 is 1.07 bits per heavy atom. The van der Waals surface area contributed by atoms with Crippen LogP contribution in [0, 0.1) is 0 Å². The van der Waals surface area contributed by atoms with Gasteiger partial charge in [-0.1, -0.05) is 48.5 Å². The minimum Gasteiger partial charge on any atom is -0.488 e. The largest absolute Gasteiger partial charge is 0.488 e. The fraction of sp³-hybridized carbons (Fsp3) is 0.0909. The molecule has 140 valence electrons. The van der Waals surface area contributed by atoms with Crippen molar-refractivity contribution < 1.29 is 14.3 Å². The summed E-state index contributed by atoms with van der Waals surface area (Å²) >= 11 is 4.48. The number of amides is 2. The highest BCUT2D eigenvalue weighted by Gasteiger charge is 2.31. The number of hydrogen-bond donors (Lipinski definition) is 0. The molecule has 0 aromatic heterocycles. The van der Waals surface area contributed by atoms with Gasteiger partial charge in [0.05, 0.1) is 9.38 Å². The van der Waals surface area contributed by atoms with E-state index in [-0.39, 0.29) is 11.1 Å². The molecular weight excluding hydrogens is 438 g/mol. The zero-order valence-corrected chi connectivity index (χ0v) is 17.4. The summed E-state index contributed by atoms with van der Waals surface area (Å²) in [6.45, 7) is 0.452. The van der Waals surface area contributed by atoms with Crippen LogP contribution in [0.15, 0.2) is 70.0 Å². The normalized spacial score (nSPS) is 15.6. The predicted octanol–water partition coefficient (Wildman–Crippen LogP) is 5.85. The van der Waals surface area contributed by atoms with Gasteiger partial charge in [-0.15, -0.1) is 0 Å². The standard InChI is InChI=1S/C22H16BrNO3S/c1-24-21(25)20(28-22(24)26)12-14-9-10-19(18(23)11-14)27-13-16-7-4-6-15-5-2-3-8-17(15)16/h2-12H,13H2,1H3/b20-12-. The third-order valence-electron chi connectivity index (χ3n) is 4.50. The number of carbonyl (C=O) groups excluding carboxylic acids is 2. The molecule has 1 heterocycles. The molecule has 3 aromatic rings. The maximum Gasteiger partial charge on any atom is 0.293 e. The molecule has 1 fully saturated rings. The average molecular weight is 454 g/mol. The van der Waals surface area contributed by atoms with E-state index in [2.05, 4.69) is 40.2 Å². The molecule has 6 heteroatoms. The first-order valence-corrected chi connectivity index (χ1v) is 10.2. The van der Waals surface area contributed by atoms with Gasteiger partial charge in [-0.25, -0.2) is 0 Å². The molecule has 0 atom stereocenters. The molecule has 4 rings (SSSR count). The summed E-state index contributed by atoms with van der Waals surface area (Å²) in [5.74, 6) is 0.441. The lowest BCUT2D eigenvalue weighted by atomic mass is 10.1. The number of likely N-dealkylation sites (N-methyl/N-ethyl adjacent to an activating group) is 1. The zero-order chi connectivity index (χ0) is 19.7. The maximum atomic E-state index is 12.0. The van der Waals surface area contributed by atoms with Gasteiger partial charge < -0.3 is 4.74 Å². The molecule has 0 bridgehead atoms. The fourth-order valence-electron chi connectivity index (χ4n) is 2.99.